The van der Waals surface area contributed by atoms with Crippen LogP contribution in [0.5, 0.6) is 0 Å². The van der Waals surface area contributed by atoms with Gasteiger partial charge in [-0.1, -0.05) is 35.3 Å². The van der Waals surface area contributed by atoms with E-state index >= 15 is 0 Å². The van der Waals surface area contributed by atoms with Crippen LogP contribution in [0.2, 0.25) is 10.2 Å². The molecule has 0 unspecified atom stereocenters. The summed E-state index contributed by atoms with van der Waals surface area (Å²) in [5.74, 6) is 0.611. The zero-order valence-corrected chi connectivity index (χ0v) is 11.5. The molecular formula is C14H11Cl2FN2. The van der Waals surface area contributed by atoms with Crippen molar-refractivity contribution in [2.24, 2.45) is 0 Å². The number of hydrogen-bond acceptors (Lipinski definition) is 2. The lowest BCUT2D eigenvalue weighted by Gasteiger charge is -2.06. The van der Waals surface area contributed by atoms with Crippen molar-refractivity contribution in [1.82, 2.24) is 9.97 Å². The first-order valence-corrected chi connectivity index (χ1v) is 6.85. The molecule has 2 nitrogen and oxygen atoms in total. The van der Waals surface area contributed by atoms with Crippen LogP contribution in [0.3, 0.4) is 0 Å². The monoisotopic (exact) mass is 296 g/mol. The second-order valence-corrected chi connectivity index (χ2v) is 5.49. The first-order valence-electron chi connectivity index (χ1n) is 6.10. The Morgan fingerprint density at radius 2 is 2.00 bits per heavy atom. The van der Waals surface area contributed by atoms with E-state index < -0.39 is 5.82 Å². The fourth-order valence-corrected chi connectivity index (χ4v) is 2.41. The van der Waals surface area contributed by atoms with Gasteiger partial charge in [-0.05, 0) is 30.5 Å². The van der Waals surface area contributed by atoms with Crippen molar-refractivity contribution in [1.29, 1.82) is 0 Å². The molecule has 0 radical (unpaired) electrons. The maximum Gasteiger partial charge on any atom is 0.145 e. The Kier molecular flexibility index (Phi) is 3.42. The molecule has 5 heteroatoms. The Bertz CT molecular complexity index is 627. The van der Waals surface area contributed by atoms with Crippen molar-refractivity contribution < 1.29 is 4.39 Å². The Morgan fingerprint density at radius 1 is 1.21 bits per heavy atom. The molecule has 0 amide bonds. The van der Waals surface area contributed by atoms with Gasteiger partial charge in [0.15, 0.2) is 0 Å². The van der Waals surface area contributed by atoms with Gasteiger partial charge in [0.2, 0.25) is 0 Å². The van der Waals surface area contributed by atoms with Crippen LogP contribution in [0.25, 0.3) is 0 Å². The summed E-state index contributed by atoms with van der Waals surface area (Å²) in [6, 6.07) is 6.71. The Morgan fingerprint density at radius 3 is 2.74 bits per heavy atom. The van der Waals surface area contributed by atoms with Crippen LogP contribution in [0, 0.1) is 5.82 Å². The molecular weight excluding hydrogens is 286 g/mol. The van der Waals surface area contributed by atoms with Crippen molar-refractivity contribution in [2.45, 2.75) is 25.2 Å². The average Bonchev–Trinajstić information content (AvgIpc) is 3.18. The van der Waals surface area contributed by atoms with Gasteiger partial charge in [-0.2, -0.15) is 0 Å². The summed E-state index contributed by atoms with van der Waals surface area (Å²) in [6.07, 6.45) is 2.57. The molecule has 1 aliphatic rings. The van der Waals surface area contributed by atoms with E-state index in [1.54, 1.807) is 18.2 Å². The second kappa shape index (κ2) is 5.06. The van der Waals surface area contributed by atoms with E-state index in [1.165, 1.54) is 6.07 Å². The number of nitrogens with zero attached hydrogens (tertiary/aromatic N) is 2. The van der Waals surface area contributed by atoms with Gasteiger partial charge in [0.25, 0.3) is 0 Å². The van der Waals surface area contributed by atoms with E-state index in [9.17, 15) is 4.39 Å². The molecule has 98 valence electrons. The Labute approximate surface area is 120 Å². The first kappa shape index (κ1) is 12.8. The number of halogens is 3. The average molecular weight is 297 g/mol. The van der Waals surface area contributed by atoms with E-state index in [-0.39, 0.29) is 5.02 Å². The minimum Gasteiger partial charge on any atom is -0.237 e. The van der Waals surface area contributed by atoms with Gasteiger partial charge in [-0.3, -0.25) is 0 Å². The standard InChI is InChI=1S/C14H11Cl2FN2/c15-10-3-1-2-9(14(10)17)6-13-18-11(8-4-5-8)7-12(16)19-13/h1-3,7-8H,4-6H2. The molecule has 3 rings (SSSR count). The van der Waals surface area contributed by atoms with E-state index in [0.717, 1.165) is 18.5 Å². The van der Waals surface area contributed by atoms with Gasteiger partial charge < -0.3 is 0 Å². The van der Waals surface area contributed by atoms with E-state index in [1.807, 2.05) is 0 Å². The van der Waals surface area contributed by atoms with Gasteiger partial charge in [-0.25, -0.2) is 14.4 Å². The SMILES string of the molecule is Fc1c(Cl)cccc1Cc1nc(Cl)cc(C2CC2)n1. The van der Waals surface area contributed by atoms with Crippen molar-refractivity contribution in [2.75, 3.05) is 0 Å². The molecule has 1 aromatic carbocycles. The quantitative estimate of drug-likeness (QED) is 0.785. The lowest BCUT2D eigenvalue weighted by Crippen LogP contribution is -2.02. The molecule has 0 bridgehead atoms. The first-order chi connectivity index (χ1) is 9.13. The third kappa shape index (κ3) is 2.88. The molecule has 0 spiro atoms. The molecule has 1 saturated carbocycles. The molecule has 1 fully saturated rings. The molecule has 0 N–H and O–H groups in total. The summed E-state index contributed by atoms with van der Waals surface area (Å²) < 4.78 is 13.8. The van der Waals surface area contributed by atoms with Crippen LogP contribution in [0.1, 0.15) is 35.8 Å². The maximum absolute atomic E-state index is 13.8. The normalized spacial score (nSPS) is 14.7. The fraction of sp³-hybridized carbons (Fsp3) is 0.286. The molecule has 1 aromatic heterocycles. The minimum absolute atomic E-state index is 0.113. The third-order valence-electron chi connectivity index (χ3n) is 3.14. The van der Waals surface area contributed by atoms with Crippen molar-refractivity contribution >= 4 is 23.2 Å². The van der Waals surface area contributed by atoms with Crippen LogP contribution in [0.15, 0.2) is 24.3 Å². The molecule has 0 aliphatic heterocycles. The number of rotatable bonds is 3. The second-order valence-electron chi connectivity index (χ2n) is 4.70. The van der Waals surface area contributed by atoms with Gasteiger partial charge in [0, 0.05) is 18.0 Å². The predicted molar refractivity (Wildman–Crippen MR) is 73.2 cm³/mol. The summed E-state index contributed by atoms with van der Waals surface area (Å²) in [5.41, 5.74) is 1.44. The molecule has 19 heavy (non-hydrogen) atoms. The highest BCUT2D eigenvalue weighted by molar-refractivity contribution is 6.30. The Hall–Kier alpha value is -1.19. The van der Waals surface area contributed by atoms with Crippen LogP contribution < -0.4 is 0 Å². The predicted octanol–water partition coefficient (Wildman–Crippen LogP) is 4.39. The van der Waals surface area contributed by atoms with Gasteiger partial charge in [0.1, 0.15) is 16.8 Å². The van der Waals surface area contributed by atoms with Crippen molar-refractivity contribution in [3.8, 4) is 0 Å². The van der Waals surface area contributed by atoms with Crippen molar-refractivity contribution in [3.63, 3.8) is 0 Å². The van der Waals surface area contributed by atoms with Crippen LogP contribution in [-0.4, -0.2) is 9.97 Å². The van der Waals surface area contributed by atoms with Gasteiger partial charge in [-0.15, -0.1) is 0 Å². The smallest absolute Gasteiger partial charge is 0.145 e. The summed E-state index contributed by atoms with van der Waals surface area (Å²) in [4.78, 5) is 8.61. The lowest BCUT2D eigenvalue weighted by molar-refractivity contribution is 0.612. The van der Waals surface area contributed by atoms with Crippen LogP contribution in [0.4, 0.5) is 4.39 Å². The van der Waals surface area contributed by atoms with Gasteiger partial charge >= 0.3 is 0 Å². The zero-order chi connectivity index (χ0) is 13.4. The minimum atomic E-state index is -0.416. The highest BCUT2D eigenvalue weighted by Crippen LogP contribution is 2.39. The highest BCUT2D eigenvalue weighted by atomic mass is 35.5. The number of aromatic nitrogens is 2. The van der Waals surface area contributed by atoms with Crippen LogP contribution in [-0.2, 0) is 6.42 Å². The summed E-state index contributed by atoms with van der Waals surface area (Å²) in [7, 11) is 0. The maximum atomic E-state index is 13.8. The van der Waals surface area contributed by atoms with E-state index in [4.69, 9.17) is 23.2 Å². The number of benzene rings is 1. The van der Waals surface area contributed by atoms with Crippen molar-refractivity contribution in [3.05, 3.63) is 57.3 Å². The number of hydrogen-bond donors (Lipinski definition) is 0. The molecule has 1 aliphatic carbocycles. The molecule has 2 aromatic rings. The Balaban J connectivity index is 1.92. The van der Waals surface area contributed by atoms with Gasteiger partial charge in [0.05, 0.1) is 5.02 Å². The van der Waals surface area contributed by atoms with E-state index in [2.05, 4.69) is 9.97 Å². The van der Waals surface area contributed by atoms with Crippen LogP contribution >= 0.6 is 23.2 Å². The lowest BCUT2D eigenvalue weighted by atomic mass is 10.1. The zero-order valence-electron chi connectivity index (χ0n) is 10.0. The summed E-state index contributed by atoms with van der Waals surface area (Å²) in [5, 5.41) is 0.524. The molecule has 0 atom stereocenters. The summed E-state index contributed by atoms with van der Waals surface area (Å²) >= 11 is 11.7. The highest BCUT2D eigenvalue weighted by Gasteiger charge is 2.26. The topological polar surface area (TPSA) is 25.8 Å². The molecule has 0 saturated heterocycles. The largest absolute Gasteiger partial charge is 0.237 e. The van der Waals surface area contributed by atoms with E-state index in [0.29, 0.717) is 28.9 Å². The fourth-order valence-electron chi connectivity index (χ4n) is 2.01. The summed E-state index contributed by atoms with van der Waals surface area (Å²) in [6.45, 7) is 0. The third-order valence-corrected chi connectivity index (χ3v) is 3.62. The molecule has 1 heterocycles.